The lowest BCUT2D eigenvalue weighted by atomic mass is 10.0. The molecule has 0 aromatic rings. The molecule has 0 aromatic carbocycles. The van der Waals surface area contributed by atoms with Gasteiger partial charge in [0.05, 0.1) is 5.70 Å². The molecule has 1 saturated heterocycles. The van der Waals surface area contributed by atoms with E-state index >= 15 is 0 Å². The number of fused-ring (bicyclic) bond motifs is 1. The van der Waals surface area contributed by atoms with Crippen LogP contribution in [0.4, 0.5) is 0 Å². The Balaban J connectivity index is 1.97. The van der Waals surface area contributed by atoms with Crippen molar-refractivity contribution in [1.82, 2.24) is 10.2 Å². The number of aliphatic carboxylic acids is 1. The predicted molar refractivity (Wildman–Crippen MR) is 73.3 cm³/mol. The van der Waals surface area contributed by atoms with E-state index in [1.54, 1.807) is 0 Å². The maximum atomic E-state index is 12.0. The second-order valence-corrected chi connectivity index (χ2v) is 5.83. The molecule has 2 rings (SSSR count). The number of nitrogens with two attached hydrogens (primary N) is 1. The van der Waals surface area contributed by atoms with Crippen LogP contribution in [0.3, 0.4) is 0 Å². The Labute approximate surface area is 116 Å². The Kier molecular flexibility index (Phi) is 4.36. The second-order valence-electron chi connectivity index (χ2n) is 4.73. The number of hydrogen-bond donors (Lipinski definition) is 3. The lowest BCUT2D eigenvalue weighted by molar-refractivity contribution is -0.149. The van der Waals surface area contributed by atoms with Crippen molar-refractivity contribution in [2.24, 2.45) is 5.73 Å². The van der Waals surface area contributed by atoms with Crippen LogP contribution < -0.4 is 11.1 Å². The van der Waals surface area contributed by atoms with Gasteiger partial charge in [-0.2, -0.15) is 0 Å². The number of amides is 1. The number of nitrogens with one attached hydrogen (secondary N) is 1. The molecule has 2 aliphatic rings. The van der Waals surface area contributed by atoms with Crippen LogP contribution in [0, 0.1) is 0 Å². The van der Waals surface area contributed by atoms with E-state index in [4.69, 9.17) is 10.8 Å². The van der Waals surface area contributed by atoms with E-state index < -0.39 is 5.97 Å². The van der Waals surface area contributed by atoms with E-state index in [0.717, 1.165) is 25.8 Å². The van der Waals surface area contributed by atoms with Gasteiger partial charge < -0.3 is 16.2 Å². The fraction of sp³-hybridized carbons (Fsp3) is 0.667. The maximum Gasteiger partial charge on any atom is 0.354 e. The van der Waals surface area contributed by atoms with Crippen molar-refractivity contribution >= 4 is 23.6 Å². The number of thioether (sulfide) groups is 1. The molecule has 19 heavy (non-hydrogen) atoms. The zero-order valence-electron chi connectivity index (χ0n) is 10.9. The van der Waals surface area contributed by atoms with Gasteiger partial charge in [-0.1, -0.05) is 19.8 Å². The molecule has 0 saturated carbocycles. The molecule has 0 aliphatic carbocycles. The van der Waals surface area contributed by atoms with Crippen molar-refractivity contribution < 1.29 is 14.7 Å². The fourth-order valence-corrected chi connectivity index (χ4v) is 3.58. The maximum absolute atomic E-state index is 12.0. The van der Waals surface area contributed by atoms with Crippen LogP contribution in [0.25, 0.3) is 0 Å². The monoisotopic (exact) mass is 285 g/mol. The van der Waals surface area contributed by atoms with Crippen LogP contribution in [-0.2, 0) is 9.59 Å². The molecule has 2 heterocycles. The lowest BCUT2D eigenvalue weighted by Gasteiger charge is -2.49. The molecule has 6 nitrogen and oxygen atoms in total. The zero-order chi connectivity index (χ0) is 14.0. The van der Waals surface area contributed by atoms with E-state index in [-0.39, 0.29) is 28.7 Å². The van der Waals surface area contributed by atoms with Gasteiger partial charge in [0.2, 0.25) is 5.91 Å². The summed E-state index contributed by atoms with van der Waals surface area (Å²) in [5, 5.41) is 12.2. The van der Waals surface area contributed by atoms with Gasteiger partial charge in [-0.25, -0.2) is 4.79 Å². The lowest BCUT2D eigenvalue weighted by Crippen LogP contribution is -2.70. The molecule has 1 unspecified atom stereocenters. The number of rotatable bonds is 6. The molecule has 0 radical (unpaired) electrons. The SMILES string of the molecule is CCCCCNC1C(=O)N2C(C(=O)O)=C(N)CS[C@@H]12. The Bertz CT molecular complexity index is 424. The Morgan fingerprint density at radius 3 is 2.95 bits per heavy atom. The number of carbonyl (C=O) groups excluding carboxylic acids is 1. The third-order valence-electron chi connectivity index (χ3n) is 3.34. The van der Waals surface area contributed by atoms with Gasteiger partial charge in [0.25, 0.3) is 0 Å². The minimum atomic E-state index is -1.12. The number of β-lactam (4-membered cyclic amide) rings is 1. The summed E-state index contributed by atoms with van der Waals surface area (Å²) in [6.07, 6.45) is 3.29. The molecule has 0 aromatic heterocycles. The third kappa shape index (κ3) is 2.57. The highest BCUT2D eigenvalue weighted by molar-refractivity contribution is 8.00. The van der Waals surface area contributed by atoms with Crippen LogP contribution in [0.2, 0.25) is 0 Å². The number of carboxylic acids is 1. The van der Waals surface area contributed by atoms with Crippen LogP contribution in [0.5, 0.6) is 0 Å². The molecule has 2 atom stereocenters. The Morgan fingerprint density at radius 2 is 2.32 bits per heavy atom. The highest BCUT2D eigenvalue weighted by Crippen LogP contribution is 2.38. The molecule has 4 N–H and O–H groups in total. The molecule has 1 fully saturated rings. The number of hydrogen-bond acceptors (Lipinski definition) is 5. The first-order valence-electron chi connectivity index (χ1n) is 6.48. The molecule has 2 aliphatic heterocycles. The van der Waals surface area contributed by atoms with Crippen LogP contribution >= 0.6 is 11.8 Å². The van der Waals surface area contributed by atoms with Gasteiger partial charge in [0.15, 0.2) is 5.70 Å². The van der Waals surface area contributed by atoms with Crippen molar-refractivity contribution in [3.05, 3.63) is 11.4 Å². The minimum absolute atomic E-state index is 0.0413. The summed E-state index contributed by atoms with van der Waals surface area (Å²) in [6.45, 7) is 2.91. The largest absolute Gasteiger partial charge is 0.477 e. The molecular formula is C12H19N3O3S. The predicted octanol–water partition coefficient (Wildman–Crippen LogP) is 0.305. The molecular weight excluding hydrogens is 266 g/mol. The number of nitrogens with zero attached hydrogens (tertiary/aromatic N) is 1. The number of unbranched alkanes of at least 4 members (excludes halogenated alkanes) is 2. The van der Waals surface area contributed by atoms with Gasteiger partial charge in [-0.15, -0.1) is 11.8 Å². The summed E-state index contributed by atoms with van der Waals surface area (Å²) >= 11 is 1.51. The molecule has 0 spiro atoms. The van der Waals surface area contributed by atoms with Crippen molar-refractivity contribution in [1.29, 1.82) is 0 Å². The van der Waals surface area contributed by atoms with E-state index in [2.05, 4.69) is 12.2 Å². The summed E-state index contributed by atoms with van der Waals surface area (Å²) in [7, 11) is 0. The normalized spacial score (nSPS) is 26.2. The summed E-state index contributed by atoms with van der Waals surface area (Å²) < 4.78 is 0. The molecule has 106 valence electrons. The zero-order valence-corrected chi connectivity index (χ0v) is 11.7. The molecule has 1 amide bonds. The van der Waals surface area contributed by atoms with Gasteiger partial charge >= 0.3 is 5.97 Å². The first-order chi connectivity index (χ1) is 9.07. The van der Waals surface area contributed by atoms with Gasteiger partial charge in [0, 0.05) is 5.75 Å². The van der Waals surface area contributed by atoms with Gasteiger partial charge in [0.1, 0.15) is 11.4 Å². The smallest absolute Gasteiger partial charge is 0.354 e. The van der Waals surface area contributed by atoms with Crippen molar-refractivity contribution in [2.45, 2.75) is 37.6 Å². The van der Waals surface area contributed by atoms with E-state index in [0.29, 0.717) is 5.75 Å². The number of carbonyl (C=O) groups is 2. The third-order valence-corrected chi connectivity index (χ3v) is 4.65. The standard InChI is InChI=1S/C12H19N3O3S/c1-2-3-4-5-14-8-10(16)15-9(12(17)18)7(13)6-19-11(8)15/h8,11,14H,2-6,13H2,1H3,(H,17,18)/t8?,11-/m0/s1. The summed E-state index contributed by atoms with van der Waals surface area (Å²) in [6, 6.07) is -0.274. The quantitative estimate of drug-likeness (QED) is 0.480. The van der Waals surface area contributed by atoms with Gasteiger partial charge in [-0.3, -0.25) is 9.69 Å². The van der Waals surface area contributed by atoms with E-state index in [1.165, 1.54) is 16.7 Å². The summed E-state index contributed by atoms with van der Waals surface area (Å²) in [4.78, 5) is 24.5. The Hall–Kier alpha value is -1.21. The average Bonchev–Trinajstić information content (AvgIpc) is 2.38. The Morgan fingerprint density at radius 1 is 1.58 bits per heavy atom. The second kappa shape index (κ2) is 5.83. The van der Waals surface area contributed by atoms with Gasteiger partial charge in [-0.05, 0) is 13.0 Å². The van der Waals surface area contributed by atoms with Crippen molar-refractivity contribution in [3.63, 3.8) is 0 Å². The highest BCUT2D eigenvalue weighted by atomic mass is 32.2. The van der Waals surface area contributed by atoms with Crippen molar-refractivity contribution in [2.75, 3.05) is 12.3 Å². The fourth-order valence-electron chi connectivity index (χ4n) is 2.33. The topological polar surface area (TPSA) is 95.7 Å². The average molecular weight is 285 g/mol. The van der Waals surface area contributed by atoms with Crippen LogP contribution in [0.1, 0.15) is 26.2 Å². The van der Waals surface area contributed by atoms with Crippen LogP contribution in [-0.4, -0.2) is 45.6 Å². The molecule has 7 heteroatoms. The van der Waals surface area contributed by atoms with Crippen molar-refractivity contribution in [3.8, 4) is 0 Å². The van der Waals surface area contributed by atoms with Crippen LogP contribution in [0.15, 0.2) is 11.4 Å². The first-order valence-corrected chi connectivity index (χ1v) is 7.52. The summed E-state index contributed by atoms with van der Waals surface area (Å²) in [5.74, 6) is -0.849. The highest BCUT2D eigenvalue weighted by Gasteiger charge is 2.52. The molecule has 0 bridgehead atoms. The number of carboxylic acid groups (broad SMARTS) is 1. The van der Waals surface area contributed by atoms with E-state index in [9.17, 15) is 9.59 Å². The van der Waals surface area contributed by atoms with E-state index in [1.807, 2.05) is 0 Å². The minimum Gasteiger partial charge on any atom is -0.477 e. The summed E-state index contributed by atoms with van der Waals surface area (Å²) in [5.41, 5.74) is 5.91. The first kappa shape index (κ1) is 14.2.